The summed E-state index contributed by atoms with van der Waals surface area (Å²) >= 11 is 0. The molecule has 0 unspecified atom stereocenters. The summed E-state index contributed by atoms with van der Waals surface area (Å²) in [5.41, 5.74) is 6.38. The van der Waals surface area contributed by atoms with Crippen LogP contribution in [-0.2, 0) is 6.54 Å². The fourth-order valence-electron chi connectivity index (χ4n) is 1.41. The maximum Gasteiger partial charge on any atom is 0.0832 e. The lowest BCUT2D eigenvalue weighted by Crippen LogP contribution is -2.45. The van der Waals surface area contributed by atoms with Crippen LogP contribution in [0, 0.1) is 0 Å². The van der Waals surface area contributed by atoms with Crippen molar-refractivity contribution in [1.29, 1.82) is 0 Å². The summed E-state index contributed by atoms with van der Waals surface area (Å²) in [5.74, 6) is 0. The Bertz CT molecular complexity index is 318. The van der Waals surface area contributed by atoms with Crippen molar-refractivity contribution >= 4 is 5.69 Å². The van der Waals surface area contributed by atoms with E-state index in [9.17, 15) is 10.2 Å². The van der Waals surface area contributed by atoms with Gasteiger partial charge in [0, 0.05) is 18.4 Å². The van der Waals surface area contributed by atoms with Gasteiger partial charge in [-0.3, -0.25) is 4.98 Å². The standard InChI is InChI=1S/C11H19N3O2/c1-2-11(7-15,8-16)14-9-3-4-13-10(5-9)6-12/h3-5,15-16H,2,6-8,12H2,1H3,(H,13,14). The summed E-state index contributed by atoms with van der Waals surface area (Å²) in [7, 11) is 0. The zero-order valence-corrected chi connectivity index (χ0v) is 9.48. The zero-order valence-electron chi connectivity index (χ0n) is 9.48. The lowest BCUT2D eigenvalue weighted by atomic mass is 9.98. The van der Waals surface area contributed by atoms with Gasteiger partial charge in [-0.05, 0) is 18.6 Å². The van der Waals surface area contributed by atoms with Crippen LogP contribution in [0.5, 0.6) is 0 Å². The van der Waals surface area contributed by atoms with Crippen molar-refractivity contribution in [2.24, 2.45) is 5.73 Å². The molecule has 0 aliphatic rings. The second-order valence-corrected chi connectivity index (χ2v) is 3.82. The molecular formula is C11H19N3O2. The number of rotatable bonds is 6. The van der Waals surface area contributed by atoms with Gasteiger partial charge in [-0.2, -0.15) is 0 Å². The van der Waals surface area contributed by atoms with E-state index in [0.29, 0.717) is 13.0 Å². The second-order valence-electron chi connectivity index (χ2n) is 3.82. The Morgan fingerprint density at radius 3 is 2.62 bits per heavy atom. The average molecular weight is 225 g/mol. The summed E-state index contributed by atoms with van der Waals surface area (Å²) in [6.07, 6.45) is 2.28. The molecule has 5 N–H and O–H groups in total. The molecule has 0 aliphatic heterocycles. The molecule has 0 saturated heterocycles. The molecule has 5 heteroatoms. The van der Waals surface area contributed by atoms with Gasteiger partial charge in [-0.1, -0.05) is 6.92 Å². The van der Waals surface area contributed by atoms with E-state index in [1.165, 1.54) is 0 Å². The molecule has 0 aliphatic carbocycles. The van der Waals surface area contributed by atoms with E-state index in [1.807, 2.05) is 13.0 Å². The van der Waals surface area contributed by atoms with Crippen LogP contribution in [0.1, 0.15) is 19.0 Å². The van der Waals surface area contributed by atoms with Gasteiger partial charge in [0.15, 0.2) is 0 Å². The van der Waals surface area contributed by atoms with Gasteiger partial charge in [0.25, 0.3) is 0 Å². The quantitative estimate of drug-likeness (QED) is 0.550. The zero-order chi connectivity index (χ0) is 12.0. The summed E-state index contributed by atoms with van der Waals surface area (Å²) in [5, 5.41) is 21.7. The number of hydrogen-bond acceptors (Lipinski definition) is 5. The van der Waals surface area contributed by atoms with Crippen molar-refractivity contribution in [3.8, 4) is 0 Å². The van der Waals surface area contributed by atoms with E-state index in [1.54, 1.807) is 12.3 Å². The molecule has 16 heavy (non-hydrogen) atoms. The van der Waals surface area contributed by atoms with Crippen LogP contribution in [0.3, 0.4) is 0 Å². The number of nitrogens with two attached hydrogens (primary N) is 1. The van der Waals surface area contributed by atoms with Gasteiger partial charge in [0.05, 0.1) is 24.4 Å². The molecular weight excluding hydrogens is 206 g/mol. The fraction of sp³-hybridized carbons (Fsp3) is 0.545. The Kier molecular flexibility index (Phi) is 4.67. The highest BCUT2D eigenvalue weighted by molar-refractivity contribution is 5.46. The largest absolute Gasteiger partial charge is 0.394 e. The van der Waals surface area contributed by atoms with Crippen molar-refractivity contribution in [3.63, 3.8) is 0 Å². The number of aromatic nitrogens is 1. The number of nitrogens with one attached hydrogen (secondary N) is 1. The third-order valence-electron chi connectivity index (χ3n) is 2.72. The highest BCUT2D eigenvalue weighted by atomic mass is 16.3. The lowest BCUT2D eigenvalue weighted by Gasteiger charge is -2.31. The Hall–Kier alpha value is -1.17. The smallest absolute Gasteiger partial charge is 0.0832 e. The van der Waals surface area contributed by atoms with Crippen LogP contribution < -0.4 is 11.1 Å². The van der Waals surface area contributed by atoms with Crippen molar-refractivity contribution in [1.82, 2.24) is 4.98 Å². The normalized spacial score (nSPS) is 11.5. The van der Waals surface area contributed by atoms with E-state index in [2.05, 4.69) is 10.3 Å². The number of hydrogen-bond donors (Lipinski definition) is 4. The molecule has 1 aromatic heterocycles. The second kappa shape index (κ2) is 5.79. The van der Waals surface area contributed by atoms with E-state index < -0.39 is 5.54 Å². The summed E-state index contributed by atoms with van der Waals surface area (Å²) in [6, 6.07) is 3.60. The van der Waals surface area contributed by atoms with Crippen molar-refractivity contribution in [2.45, 2.75) is 25.4 Å². The van der Waals surface area contributed by atoms with Gasteiger partial charge in [-0.15, -0.1) is 0 Å². The Balaban J connectivity index is 2.84. The molecule has 90 valence electrons. The number of pyridine rings is 1. The predicted octanol–water partition coefficient (Wildman–Crippen LogP) is 0.0856. The van der Waals surface area contributed by atoms with Crippen LogP contribution in [0.25, 0.3) is 0 Å². The minimum atomic E-state index is -0.687. The molecule has 5 nitrogen and oxygen atoms in total. The van der Waals surface area contributed by atoms with Gasteiger partial charge in [0.2, 0.25) is 0 Å². The molecule has 0 saturated carbocycles. The van der Waals surface area contributed by atoms with Gasteiger partial charge in [0.1, 0.15) is 0 Å². The van der Waals surface area contributed by atoms with E-state index in [4.69, 9.17) is 5.73 Å². The first kappa shape index (κ1) is 12.9. The Morgan fingerprint density at radius 2 is 2.12 bits per heavy atom. The summed E-state index contributed by atoms with van der Waals surface area (Å²) in [4.78, 5) is 4.08. The third-order valence-corrected chi connectivity index (χ3v) is 2.72. The molecule has 0 aromatic carbocycles. The van der Waals surface area contributed by atoms with Gasteiger partial charge < -0.3 is 21.3 Å². The van der Waals surface area contributed by atoms with Crippen LogP contribution in [0.15, 0.2) is 18.3 Å². The van der Waals surface area contributed by atoms with Crippen LogP contribution in [-0.4, -0.2) is 33.9 Å². The highest BCUT2D eigenvalue weighted by Crippen LogP contribution is 2.18. The SMILES string of the molecule is CCC(CO)(CO)Nc1ccnc(CN)c1. The number of nitrogens with zero attached hydrogens (tertiary/aromatic N) is 1. The monoisotopic (exact) mass is 225 g/mol. The molecule has 0 atom stereocenters. The Labute approximate surface area is 95.3 Å². The predicted molar refractivity (Wildman–Crippen MR) is 62.9 cm³/mol. The molecule has 1 rings (SSSR count). The molecule has 0 radical (unpaired) electrons. The molecule has 1 aromatic rings. The van der Waals surface area contributed by atoms with Crippen LogP contribution in [0.2, 0.25) is 0 Å². The fourth-order valence-corrected chi connectivity index (χ4v) is 1.41. The van der Waals surface area contributed by atoms with Crippen LogP contribution in [0.4, 0.5) is 5.69 Å². The van der Waals surface area contributed by atoms with E-state index >= 15 is 0 Å². The van der Waals surface area contributed by atoms with Gasteiger partial charge >= 0.3 is 0 Å². The maximum absolute atomic E-state index is 9.30. The van der Waals surface area contributed by atoms with Gasteiger partial charge in [-0.25, -0.2) is 0 Å². The van der Waals surface area contributed by atoms with E-state index in [-0.39, 0.29) is 13.2 Å². The summed E-state index contributed by atoms with van der Waals surface area (Å²) < 4.78 is 0. The average Bonchev–Trinajstić information content (AvgIpc) is 2.36. The lowest BCUT2D eigenvalue weighted by molar-refractivity contribution is 0.132. The first-order valence-corrected chi connectivity index (χ1v) is 5.34. The maximum atomic E-state index is 9.30. The first-order valence-electron chi connectivity index (χ1n) is 5.34. The first-order chi connectivity index (χ1) is 7.69. The highest BCUT2D eigenvalue weighted by Gasteiger charge is 2.26. The van der Waals surface area contributed by atoms with Crippen molar-refractivity contribution in [2.75, 3.05) is 18.5 Å². The minimum absolute atomic E-state index is 0.125. The minimum Gasteiger partial charge on any atom is -0.394 e. The van der Waals surface area contributed by atoms with Crippen molar-refractivity contribution < 1.29 is 10.2 Å². The number of aliphatic hydroxyl groups excluding tert-OH is 2. The molecule has 1 heterocycles. The van der Waals surface area contributed by atoms with Crippen molar-refractivity contribution in [3.05, 3.63) is 24.0 Å². The molecule has 0 bridgehead atoms. The topological polar surface area (TPSA) is 91.4 Å². The van der Waals surface area contributed by atoms with Crippen LogP contribution >= 0.6 is 0 Å². The molecule has 0 spiro atoms. The molecule has 0 amide bonds. The third kappa shape index (κ3) is 2.91. The Morgan fingerprint density at radius 1 is 1.44 bits per heavy atom. The number of anilines is 1. The number of aliphatic hydroxyl groups is 2. The molecule has 0 fully saturated rings. The van der Waals surface area contributed by atoms with E-state index in [0.717, 1.165) is 11.4 Å². The summed E-state index contributed by atoms with van der Waals surface area (Å²) in [6.45, 7) is 2.03.